The van der Waals surface area contributed by atoms with E-state index in [4.69, 9.17) is 17.0 Å². The molecule has 0 aliphatic carbocycles. The van der Waals surface area contributed by atoms with Gasteiger partial charge in [-0.25, -0.2) is 4.68 Å². The molecule has 1 rings (SSSR count). The highest BCUT2D eigenvalue weighted by Crippen LogP contribution is 2.00. The summed E-state index contributed by atoms with van der Waals surface area (Å²) in [7, 11) is 0. The van der Waals surface area contributed by atoms with Crippen LogP contribution in [-0.4, -0.2) is 34.0 Å². The molecule has 0 unspecified atom stereocenters. The zero-order chi connectivity index (χ0) is 12.1. The molecule has 0 spiro atoms. The van der Waals surface area contributed by atoms with Crippen molar-refractivity contribution in [2.75, 3.05) is 13.2 Å². The number of carbonyl (C=O) groups excluding carboxylic acids is 1. The van der Waals surface area contributed by atoms with E-state index in [-0.39, 0.29) is 12.5 Å². The zero-order valence-electron chi connectivity index (χ0n) is 9.61. The summed E-state index contributed by atoms with van der Waals surface area (Å²) >= 11 is 5.11. The molecule has 6 heteroatoms. The first kappa shape index (κ1) is 12.6. The number of nitrogens with one attached hydrogen (secondary N) is 1. The predicted molar refractivity (Wildman–Crippen MR) is 64.3 cm³/mol. The number of aromatic nitrogens is 2. The van der Waals surface area contributed by atoms with Gasteiger partial charge in [0, 0.05) is 5.69 Å². The highest BCUT2D eigenvalue weighted by atomic mass is 32.1. The number of thiocarbonyl (C=S) groups is 1. The quantitative estimate of drug-likeness (QED) is 0.626. The lowest BCUT2D eigenvalue weighted by Crippen LogP contribution is -2.34. The Morgan fingerprint density at radius 3 is 2.81 bits per heavy atom. The zero-order valence-corrected chi connectivity index (χ0v) is 10.4. The fourth-order valence-electron chi connectivity index (χ4n) is 1.27. The Labute approximate surface area is 99.8 Å². The Morgan fingerprint density at radius 2 is 2.31 bits per heavy atom. The molecule has 1 aromatic heterocycles. The summed E-state index contributed by atoms with van der Waals surface area (Å²) < 4.78 is 6.36. The molecule has 0 amide bonds. The standard InChI is InChI=1S/C10H15N3O2S/c1-4-15-9(14)6-11-10(16)13-8(3)5-7(2)12-13/h5H,4,6H2,1-3H3,(H,11,16). The maximum Gasteiger partial charge on any atom is 0.325 e. The summed E-state index contributed by atoms with van der Waals surface area (Å²) in [4.78, 5) is 11.1. The summed E-state index contributed by atoms with van der Waals surface area (Å²) in [5.74, 6) is -0.327. The Balaban J connectivity index is 2.53. The third-order valence-corrected chi connectivity index (χ3v) is 2.21. The third-order valence-electron chi connectivity index (χ3n) is 1.89. The van der Waals surface area contributed by atoms with Crippen molar-refractivity contribution in [3.63, 3.8) is 0 Å². The monoisotopic (exact) mass is 241 g/mol. The fourth-order valence-corrected chi connectivity index (χ4v) is 1.53. The first-order valence-corrected chi connectivity index (χ1v) is 5.42. The second-order valence-electron chi connectivity index (χ2n) is 3.30. The van der Waals surface area contributed by atoms with Crippen molar-refractivity contribution >= 4 is 23.3 Å². The smallest absolute Gasteiger partial charge is 0.325 e. The summed E-state index contributed by atoms with van der Waals surface area (Å²) in [6, 6.07) is 1.92. The van der Waals surface area contributed by atoms with Crippen LogP contribution in [0.3, 0.4) is 0 Å². The van der Waals surface area contributed by atoms with Crippen LogP contribution >= 0.6 is 12.2 Å². The van der Waals surface area contributed by atoms with E-state index in [9.17, 15) is 4.79 Å². The van der Waals surface area contributed by atoms with Crippen LogP contribution in [0.4, 0.5) is 0 Å². The van der Waals surface area contributed by atoms with Gasteiger partial charge in [-0.1, -0.05) is 0 Å². The molecular weight excluding hydrogens is 226 g/mol. The van der Waals surface area contributed by atoms with Crippen molar-refractivity contribution in [2.45, 2.75) is 20.8 Å². The molecule has 1 N–H and O–H groups in total. The largest absolute Gasteiger partial charge is 0.465 e. The van der Waals surface area contributed by atoms with Gasteiger partial charge in [0.2, 0.25) is 0 Å². The SMILES string of the molecule is CCOC(=O)CNC(=S)n1nc(C)cc1C. The molecule has 0 aliphatic heterocycles. The summed E-state index contributed by atoms with van der Waals surface area (Å²) in [6.45, 7) is 5.98. The van der Waals surface area contributed by atoms with Gasteiger partial charge in [-0.2, -0.15) is 5.10 Å². The van der Waals surface area contributed by atoms with Gasteiger partial charge in [0.15, 0.2) is 5.11 Å². The Bertz CT molecular complexity index is 401. The Kier molecular flexibility index (Phi) is 4.42. The number of rotatable bonds is 3. The van der Waals surface area contributed by atoms with Crippen LogP contribution < -0.4 is 5.32 Å². The van der Waals surface area contributed by atoms with Crippen LogP contribution in [0.15, 0.2) is 6.07 Å². The first-order valence-electron chi connectivity index (χ1n) is 5.01. The number of ether oxygens (including phenoxy) is 1. The number of hydrogen-bond acceptors (Lipinski definition) is 4. The number of hydrogen-bond donors (Lipinski definition) is 1. The number of esters is 1. The molecule has 0 aromatic carbocycles. The van der Waals surface area contributed by atoms with Gasteiger partial charge in [0.05, 0.1) is 12.3 Å². The second-order valence-corrected chi connectivity index (χ2v) is 3.69. The lowest BCUT2D eigenvalue weighted by atomic mass is 10.4. The predicted octanol–water partition coefficient (Wildman–Crippen LogP) is 0.786. The molecule has 1 aromatic rings. The van der Waals surface area contributed by atoms with Crippen LogP contribution in [0.25, 0.3) is 0 Å². The van der Waals surface area contributed by atoms with Gasteiger partial charge in [0.25, 0.3) is 0 Å². The highest BCUT2D eigenvalue weighted by Gasteiger charge is 2.08. The molecule has 0 bridgehead atoms. The van der Waals surface area contributed by atoms with E-state index < -0.39 is 0 Å². The van der Waals surface area contributed by atoms with Crippen molar-refractivity contribution in [1.82, 2.24) is 15.1 Å². The van der Waals surface area contributed by atoms with Crippen molar-refractivity contribution in [3.05, 3.63) is 17.5 Å². The van der Waals surface area contributed by atoms with Gasteiger partial charge in [-0.05, 0) is 39.1 Å². The molecule has 0 saturated carbocycles. The van der Waals surface area contributed by atoms with Gasteiger partial charge in [-0.3, -0.25) is 4.79 Å². The topological polar surface area (TPSA) is 56.1 Å². The molecule has 0 aliphatic rings. The Morgan fingerprint density at radius 1 is 1.62 bits per heavy atom. The van der Waals surface area contributed by atoms with Crippen LogP contribution in [-0.2, 0) is 9.53 Å². The van der Waals surface area contributed by atoms with Crippen LogP contribution in [0.5, 0.6) is 0 Å². The highest BCUT2D eigenvalue weighted by molar-refractivity contribution is 7.80. The molecular formula is C10H15N3O2S. The van der Waals surface area contributed by atoms with E-state index in [2.05, 4.69) is 10.4 Å². The lowest BCUT2D eigenvalue weighted by Gasteiger charge is -2.08. The number of carbonyl (C=O) groups is 1. The lowest BCUT2D eigenvalue weighted by molar-refractivity contribution is -0.141. The second kappa shape index (κ2) is 5.60. The maximum atomic E-state index is 11.1. The van der Waals surface area contributed by atoms with Crippen LogP contribution in [0.1, 0.15) is 18.3 Å². The average molecular weight is 241 g/mol. The average Bonchev–Trinajstić information content (AvgIpc) is 2.55. The molecule has 0 atom stereocenters. The van der Waals surface area contributed by atoms with Gasteiger partial charge in [-0.15, -0.1) is 0 Å². The van der Waals surface area contributed by atoms with E-state index in [0.717, 1.165) is 11.4 Å². The van der Waals surface area contributed by atoms with Gasteiger partial charge in [0.1, 0.15) is 6.54 Å². The molecule has 0 radical (unpaired) electrons. The van der Waals surface area contributed by atoms with E-state index >= 15 is 0 Å². The first-order chi connectivity index (χ1) is 7.54. The van der Waals surface area contributed by atoms with E-state index in [1.54, 1.807) is 11.6 Å². The number of nitrogens with zero attached hydrogens (tertiary/aromatic N) is 2. The summed E-state index contributed by atoms with van der Waals surface area (Å²) in [6.07, 6.45) is 0. The van der Waals surface area contributed by atoms with Crippen molar-refractivity contribution in [1.29, 1.82) is 0 Å². The molecule has 1 heterocycles. The molecule has 16 heavy (non-hydrogen) atoms. The number of aryl methyl sites for hydroxylation is 2. The molecule has 5 nitrogen and oxygen atoms in total. The van der Waals surface area contributed by atoms with Crippen molar-refractivity contribution < 1.29 is 9.53 Å². The third kappa shape index (κ3) is 3.30. The molecule has 0 saturated heterocycles. The summed E-state index contributed by atoms with van der Waals surface area (Å²) in [5, 5.41) is 7.39. The minimum atomic E-state index is -0.327. The molecule has 0 fully saturated rings. The minimum Gasteiger partial charge on any atom is -0.465 e. The fraction of sp³-hybridized carbons (Fsp3) is 0.500. The normalized spacial score (nSPS) is 9.94. The molecule has 88 valence electrons. The van der Waals surface area contributed by atoms with Crippen molar-refractivity contribution in [3.8, 4) is 0 Å². The van der Waals surface area contributed by atoms with Crippen LogP contribution in [0, 0.1) is 13.8 Å². The summed E-state index contributed by atoms with van der Waals surface area (Å²) in [5.41, 5.74) is 1.82. The van der Waals surface area contributed by atoms with E-state index in [1.165, 1.54) is 0 Å². The van der Waals surface area contributed by atoms with Gasteiger partial charge >= 0.3 is 5.97 Å². The van der Waals surface area contributed by atoms with Gasteiger partial charge < -0.3 is 10.1 Å². The maximum absolute atomic E-state index is 11.1. The van der Waals surface area contributed by atoms with E-state index in [1.807, 2.05) is 19.9 Å². The van der Waals surface area contributed by atoms with Crippen LogP contribution in [0.2, 0.25) is 0 Å². The van der Waals surface area contributed by atoms with E-state index in [0.29, 0.717) is 11.7 Å². The van der Waals surface area contributed by atoms with Crippen molar-refractivity contribution in [2.24, 2.45) is 0 Å². The minimum absolute atomic E-state index is 0.0605. The Hall–Kier alpha value is -1.43.